The monoisotopic (exact) mass is 527 g/mol. The topological polar surface area (TPSA) is 75.1 Å². The lowest BCUT2D eigenvalue weighted by molar-refractivity contribution is -0.169. The van der Waals surface area contributed by atoms with Crippen molar-refractivity contribution < 1.29 is 32.5 Å². The number of ether oxygens (including phenoxy) is 2. The van der Waals surface area contributed by atoms with Gasteiger partial charge in [-0.3, -0.25) is 4.79 Å². The Morgan fingerprint density at radius 3 is 2.58 bits per heavy atom. The Kier molecular flexibility index (Phi) is 7.73. The summed E-state index contributed by atoms with van der Waals surface area (Å²) in [5, 5.41) is 9.71. The number of hydrogen-bond acceptors (Lipinski definition) is 6. The third kappa shape index (κ3) is 5.91. The van der Waals surface area contributed by atoms with Crippen LogP contribution in [0.1, 0.15) is 26.2 Å². The van der Waals surface area contributed by atoms with E-state index in [1.807, 2.05) is 6.07 Å². The molecule has 3 heterocycles. The summed E-state index contributed by atoms with van der Waals surface area (Å²) in [4.78, 5) is 19.0. The van der Waals surface area contributed by atoms with Gasteiger partial charge in [0.05, 0.1) is 36.4 Å². The Morgan fingerprint density at radius 2 is 1.97 bits per heavy atom. The zero-order valence-corrected chi connectivity index (χ0v) is 20.8. The van der Waals surface area contributed by atoms with Crippen LogP contribution < -0.4 is 19.3 Å². The van der Waals surface area contributed by atoms with E-state index < -0.39 is 24.1 Å². The molecule has 1 aromatic heterocycles. The minimum Gasteiger partial charge on any atom is -0.490 e. The van der Waals surface area contributed by atoms with E-state index in [9.17, 15) is 18.0 Å². The van der Waals surface area contributed by atoms with E-state index in [4.69, 9.17) is 26.2 Å². The number of pyridine rings is 1. The van der Waals surface area contributed by atoms with Gasteiger partial charge < -0.3 is 24.4 Å². The van der Waals surface area contributed by atoms with E-state index in [-0.39, 0.29) is 31.4 Å². The quantitative estimate of drug-likeness (QED) is 0.526. The second-order valence-corrected chi connectivity index (χ2v) is 9.83. The highest BCUT2D eigenvalue weighted by atomic mass is 35.5. The molecule has 0 saturated carbocycles. The highest BCUT2D eigenvalue weighted by molar-refractivity contribution is 6.33. The number of methoxy groups -OCH3 is 1. The predicted octanol–water partition coefficient (Wildman–Crippen LogP) is 5.27. The van der Waals surface area contributed by atoms with E-state index in [0.717, 1.165) is 25.2 Å². The first-order valence-electron chi connectivity index (χ1n) is 11.8. The molecule has 0 spiro atoms. The number of rotatable bonds is 7. The van der Waals surface area contributed by atoms with E-state index in [1.54, 1.807) is 42.5 Å². The first kappa shape index (κ1) is 26.2. The van der Waals surface area contributed by atoms with Gasteiger partial charge in [-0.05, 0) is 30.7 Å². The smallest absolute Gasteiger partial charge is 0.393 e. The summed E-state index contributed by atoms with van der Waals surface area (Å²) in [6.07, 6.45) is -2.64. The molecular weight excluding hydrogens is 499 g/mol. The fourth-order valence-corrected chi connectivity index (χ4v) is 5.26. The molecule has 1 N–H and O–H groups in total. The molecule has 2 aromatic rings. The van der Waals surface area contributed by atoms with Crippen LogP contribution in [-0.2, 0) is 4.79 Å². The molecule has 2 unspecified atom stereocenters. The number of carboxylic acids is 1. The fourth-order valence-electron chi connectivity index (χ4n) is 5.04. The largest absolute Gasteiger partial charge is 0.490 e. The lowest BCUT2D eigenvalue weighted by Gasteiger charge is -2.38. The van der Waals surface area contributed by atoms with E-state index in [0.29, 0.717) is 22.3 Å². The minimum absolute atomic E-state index is 0.0456. The van der Waals surface area contributed by atoms with Gasteiger partial charge in [0.2, 0.25) is 5.88 Å². The summed E-state index contributed by atoms with van der Waals surface area (Å²) in [6, 6.07) is 7.98. The highest BCUT2D eigenvalue weighted by Gasteiger charge is 2.48. The van der Waals surface area contributed by atoms with Crippen LogP contribution in [0.4, 0.5) is 24.5 Å². The number of aliphatic carboxylic acids is 1. The van der Waals surface area contributed by atoms with Crippen LogP contribution in [-0.4, -0.2) is 61.1 Å². The lowest BCUT2D eigenvalue weighted by Crippen LogP contribution is -2.44. The normalized spacial score (nSPS) is 24.6. The number of hydrogen-bond donors (Lipinski definition) is 1. The van der Waals surface area contributed by atoms with Crippen LogP contribution in [0, 0.1) is 11.8 Å². The number of benzene rings is 1. The number of piperidine rings is 1. The van der Waals surface area contributed by atoms with Crippen LogP contribution >= 0.6 is 11.6 Å². The zero-order chi connectivity index (χ0) is 26.0. The molecule has 7 nitrogen and oxygen atoms in total. The molecule has 0 bridgehead atoms. The Morgan fingerprint density at radius 1 is 1.25 bits per heavy atom. The second kappa shape index (κ2) is 10.6. The summed E-state index contributed by atoms with van der Waals surface area (Å²) in [5.41, 5.74) is 1.42. The maximum absolute atomic E-state index is 13.3. The zero-order valence-electron chi connectivity index (χ0n) is 20.0. The SMILES string of the molecule is COc1cc(N2CCC(Oc3ccc(N4C[C@H](C(F)(F)F)C[C@@H]4CC(=O)O)cc3)C(C)C2)c(Cl)cn1. The third-order valence-corrected chi connectivity index (χ3v) is 7.22. The molecule has 2 aliphatic heterocycles. The van der Waals surface area contributed by atoms with Crippen molar-refractivity contribution in [2.45, 2.75) is 44.5 Å². The summed E-state index contributed by atoms with van der Waals surface area (Å²) in [5.74, 6) is -1.36. The molecule has 0 aliphatic carbocycles. The Bertz CT molecular complexity index is 1070. The molecule has 36 heavy (non-hydrogen) atoms. The number of nitrogens with zero attached hydrogens (tertiary/aromatic N) is 3. The van der Waals surface area contributed by atoms with Crippen molar-refractivity contribution in [1.29, 1.82) is 0 Å². The van der Waals surface area contributed by atoms with E-state index in [2.05, 4.69) is 16.8 Å². The van der Waals surface area contributed by atoms with Crippen molar-refractivity contribution in [3.05, 3.63) is 41.6 Å². The minimum atomic E-state index is -4.36. The van der Waals surface area contributed by atoms with Gasteiger partial charge in [-0.2, -0.15) is 13.2 Å². The maximum atomic E-state index is 13.3. The van der Waals surface area contributed by atoms with E-state index >= 15 is 0 Å². The number of carbonyl (C=O) groups is 1. The molecule has 2 saturated heterocycles. The van der Waals surface area contributed by atoms with Crippen molar-refractivity contribution >= 4 is 28.9 Å². The summed E-state index contributed by atoms with van der Waals surface area (Å²) in [7, 11) is 1.55. The summed E-state index contributed by atoms with van der Waals surface area (Å²) in [6.45, 7) is 3.29. The fraction of sp³-hybridized carbons (Fsp3) is 0.520. The summed E-state index contributed by atoms with van der Waals surface area (Å²) >= 11 is 6.35. The number of aromatic nitrogens is 1. The first-order chi connectivity index (χ1) is 17.0. The molecular formula is C25H29ClF3N3O4. The molecule has 11 heteroatoms. The standard InChI is InChI=1S/C25H29ClF3N3O4/c1-15-13-31(21-11-23(35-2)30-12-20(21)26)8-7-22(15)36-19-5-3-17(4-6-19)32-14-16(25(27,28)29)9-18(32)10-24(33)34/h3-6,11-12,15-16,18,22H,7-10,13-14H2,1-2H3,(H,33,34)/t15?,16-,18-,22?/m1/s1. The first-order valence-corrected chi connectivity index (χ1v) is 12.2. The molecule has 0 amide bonds. The average molecular weight is 528 g/mol. The van der Waals surface area contributed by atoms with Gasteiger partial charge in [0.25, 0.3) is 0 Å². The molecule has 0 radical (unpaired) electrons. The number of halogens is 4. The molecule has 2 aliphatic rings. The van der Waals surface area contributed by atoms with Crippen LogP contribution in [0.2, 0.25) is 5.02 Å². The number of alkyl halides is 3. The van der Waals surface area contributed by atoms with Gasteiger partial charge in [0, 0.05) is 49.8 Å². The van der Waals surface area contributed by atoms with Gasteiger partial charge in [0.15, 0.2) is 0 Å². The van der Waals surface area contributed by atoms with E-state index in [1.165, 1.54) is 0 Å². The van der Waals surface area contributed by atoms with Crippen molar-refractivity contribution in [1.82, 2.24) is 4.98 Å². The molecule has 4 atom stereocenters. The average Bonchev–Trinajstić information content (AvgIpc) is 3.25. The van der Waals surface area contributed by atoms with Crippen molar-refractivity contribution in [2.24, 2.45) is 11.8 Å². The number of carboxylic acid groups (broad SMARTS) is 1. The Balaban J connectivity index is 1.40. The van der Waals surface area contributed by atoms with Crippen LogP contribution in [0.25, 0.3) is 0 Å². The van der Waals surface area contributed by atoms with Gasteiger partial charge in [-0.25, -0.2) is 4.98 Å². The van der Waals surface area contributed by atoms with Gasteiger partial charge in [-0.15, -0.1) is 0 Å². The third-order valence-electron chi connectivity index (χ3n) is 6.93. The van der Waals surface area contributed by atoms with Gasteiger partial charge in [0.1, 0.15) is 11.9 Å². The highest BCUT2D eigenvalue weighted by Crippen LogP contribution is 2.40. The summed E-state index contributed by atoms with van der Waals surface area (Å²) < 4.78 is 51.3. The van der Waals surface area contributed by atoms with Crippen LogP contribution in [0.15, 0.2) is 36.5 Å². The molecule has 1 aromatic carbocycles. The maximum Gasteiger partial charge on any atom is 0.393 e. The molecule has 2 fully saturated rings. The van der Waals surface area contributed by atoms with Crippen molar-refractivity contribution in [3.8, 4) is 11.6 Å². The second-order valence-electron chi connectivity index (χ2n) is 9.42. The van der Waals surface area contributed by atoms with Crippen LogP contribution in [0.3, 0.4) is 0 Å². The van der Waals surface area contributed by atoms with Crippen molar-refractivity contribution in [2.75, 3.05) is 36.5 Å². The van der Waals surface area contributed by atoms with Crippen LogP contribution in [0.5, 0.6) is 11.6 Å². The Labute approximate surface area is 212 Å². The van der Waals surface area contributed by atoms with Gasteiger partial charge >= 0.3 is 12.1 Å². The number of anilines is 2. The predicted molar refractivity (Wildman–Crippen MR) is 130 cm³/mol. The molecule has 4 rings (SSSR count). The lowest BCUT2D eigenvalue weighted by atomic mass is 9.96. The van der Waals surface area contributed by atoms with Crippen molar-refractivity contribution in [3.63, 3.8) is 0 Å². The molecule has 196 valence electrons. The Hall–Kier alpha value is -2.88. The van der Waals surface area contributed by atoms with Gasteiger partial charge in [-0.1, -0.05) is 18.5 Å².